The number of benzene rings is 2. The molecular formula is C32H33ClN6O5S. The maximum absolute atomic E-state index is 12.8. The van der Waals surface area contributed by atoms with E-state index in [1.165, 1.54) is 18.5 Å². The lowest BCUT2D eigenvalue weighted by Crippen LogP contribution is -2.25. The first-order valence-electron chi connectivity index (χ1n) is 14.0. The Balaban J connectivity index is 1.56. The summed E-state index contributed by atoms with van der Waals surface area (Å²) < 4.78 is 34.4. The number of carbonyl (C=O) groups is 1. The number of nitriles is 1. The highest BCUT2D eigenvalue weighted by Crippen LogP contribution is 2.37. The van der Waals surface area contributed by atoms with E-state index in [0.717, 1.165) is 5.69 Å². The van der Waals surface area contributed by atoms with E-state index in [9.17, 15) is 18.5 Å². The van der Waals surface area contributed by atoms with Gasteiger partial charge in [-0.3, -0.25) is 14.8 Å². The fraction of sp³-hybridized carbons (Fsp3) is 0.250. The second kappa shape index (κ2) is 15.3. The average Bonchev–Trinajstić information content (AvgIpc) is 3.00. The van der Waals surface area contributed by atoms with Crippen LogP contribution in [0.5, 0.6) is 11.5 Å². The van der Waals surface area contributed by atoms with Gasteiger partial charge in [0.1, 0.15) is 34.0 Å². The zero-order valence-corrected chi connectivity index (χ0v) is 26.7. The number of hydrogen-bond donors (Lipinski definition) is 2. The topological polar surface area (TPSA) is 147 Å². The number of aromatic nitrogens is 2. The smallest absolute Gasteiger partial charge is 0.248 e. The van der Waals surface area contributed by atoms with Gasteiger partial charge in [0.25, 0.3) is 0 Å². The number of amides is 1. The molecule has 45 heavy (non-hydrogen) atoms. The first-order valence-corrected chi connectivity index (χ1v) is 16.4. The molecule has 2 heterocycles. The van der Waals surface area contributed by atoms with Gasteiger partial charge in [0.05, 0.1) is 45.5 Å². The second-order valence-electron chi connectivity index (χ2n) is 10.1. The molecule has 2 aromatic heterocycles. The first kappa shape index (κ1) is 33.2. The van der Waals surface area contributed by atoms with Crippen molar-refractivity contribution >= 4 is 55.3 Å². The Bertz CT molecular complexity index is 1840. The molecule has 234 valence electrons. The van der Waals surface area contributed by atoms with Gasteiger partial charge in [-0.05, 0) is 50.4 Å². The molecule has 0 unspecified atom stereocenters. The van der Waals surface area contributed by atoms with Gasteiger partial charge < -0.3 is 25.0 Å². The monoisotopic (exact) mass is 648 g/mol. The quantitative estimate of drug-likeness (QED) is 0.172. The molecule has 0 aliphatic heterocycles. The number of hydrogen-bond acceptors (Lipinski definition) is 10. The van der Waals surface area contributed by atoms with Crippen LogP contribution in [-0.4, -0.2) is 67.9 Å². The predicted octanol–water partition coefficient (Wildman–Crippen LogP) is 5.35. The van der Waals surface area contributed by atoms with Crippen molar-refractivity contribution in [2.24, 2.45) is 0 Å². The van der Waals surface area contributed by atoms with Gasteiger partial charge in [0.2, 0.25) is 5.91 Å². The van der Waals surface area contributed by atoms with Gasteiger partial charge in [-0.2, -0.15) is 5.26 Å². The van der Waals surface area contributed by atoms with E-state index in [2.05, 4.69) is 26.7 Å². The van der Waals surface area contributed by atoms with E-state index in [-0.39, 0.29) is 17.9 Å². The van der Waals surface area contributed by atoms with Crippen LogP contribution < -0.4 is 20.1 Å². The number of nitrogens with one attached hydrogen (secondary N) is 2. The Morgan fingerprint density at radius 2 is 1.96 bits per heavy atom. The number of halogens is 1. The molecule has 0 aliphatic carbocycles. The van der Waals surface area contributed by atoms with Crippen LogP contribution in [0.3, 0.4) is 0 Å². The van der Waals surface area contributed by atoms with Crippen LogP contribution in [-0.2, 0) is 21.2 Å². The Morgan fingerprint density at radius 1 is 1.13 bits per heavy atom. The third-order valence-electron chi connectivity index (χ3n) is 6.48. The van der Waals surface area contributed by atoms with Crippen molar-refractivity contribution in [3.05, 3.63) is 89.4 Å². The number of fused-ring (bicyclic) bond motifs is 1. The molecule has 0 bridgehead atoms. The lowest BCUT2D eigenvalue weighted by molar-refractivity contribution is -0.111. The molecule has 1 amide bonds. The second-order valence-corrected chi connectivity index (χ2v) is 12.8. The Kier molecular flexibility index (Phi) is 11.3. The van der Waals surface area contributed by atoms with Crippen LogP contribution in [0.2, 0.25) is 5.02 Å². The maximum atomic E-state index is 12.8. The molecule has 2 aromatic carbocycles. The number of likely N-dealkylation sites (N-methyl/N-ethyl adjacent to an activating group) is 1. The van der Waals surface area contributed by atoms with Crippen molar-refractivity contribution < 1.29 is 22.7 Å². The predicted molar refractivity (Wildman–Crippen MR) is 176 cm³/mol. The number of sulfone groups is 1. The fourth-order valence-electron chi connectivity index (χ4n) is 4.21. The van der Waals surface area contributed by atoms with Gasteiger partial charge in [-0.1, -0.05) is 23.7 Å². The maximum Gasteiger partial charge on any atom is 0.248 e. The number of anilines is 3. The minimum Gasteiger partial charge on any atom is -0.492 e. The first-order chi connectivity index (χ1) is 21.6. The van der Waals surface area contributed by atoms with E-state index >= 15 is 0 Å². The van der Waals surface area contributed by atoms with Gasteiger partial charge in [0, 0.05) is 55.0 Å². The Morgan fingerprint density at radius 3 is 2.64 bits per heavy atom. The largest absolute Gasteiger partial charge is 0.492 e. The number of carbonyl (C=O) groups excluding carboxylic acids is 1. The van der Waals surface area contributed by atoms with Gasteiger partial charge >= 0.3 is 0 Å². The Hall–Kier alpha value is -4.70. The van der Waals surface area contributed by atoms with Crippen LogP contribution in [0.1, 0.15) is 18.2 Å². The molecule has 4 aromatic rings. The molecule has 0 saturated heterocycles. The molecular weight excluding hydrogens is 616 g/mol. The van der Waals surface area contributed by atoms with E-state index in [1.54, 1.807) is 54.6 Å². The van der Waals surface area contributed by atoms with E-state index in [1.807, 2.05) is 25.1 Å². The number of ether oxygens (including phenoxy) is 2. The van der Waals surface area contributed by atoms with Gasteiger partial charge in [-0.25, -0.2) is 8.42 Å². The van der Waals surface area contributed by atoms with E-state index < -0.39 is 15.7 Å². The summed E-state index contributed by atoms with van der Waals surface area (Å²) in [5, 5.41) is 17.0. The van der Waals surface area contributed by atoms with E-state index in [0.29, 0.717) is 64.2 Å². The summed E-state index contributed by atoms with van der Waals surface area (Å²) in [4.78, 5) is 23.3. The van der Waals surface area contributed by atoms with Crippen molar-refractivity contribution in [2.45, 2.75) is 13.5 Å². The molecule has 0 radical (unpaired) electrons. The van der Waals surface area contributed by atoms with Crippen LogP contribution in [0.15, 0.2) is 73.1 Å². The highest BCUT2D eigenvalue weighted by molar-refractivity contribution is 7.90. The summed E-state index contributed by atoms with van der Waals surface area (Å²) in [5.41, 5.74) is 3.06. The van der Waals surface area contributed by atoms with Crippen LogP contribution in [0.25, 0.3) is 10.9 Å². The minimum absolute atomic E-state index is 0.0313. The molecule has 0 aliphatic rings. The highest BCUT2D eigenvalue weighted by atomic mass is 35.5. The Labute approximate surface area is 267 Å². The summed E-state index contributed by atoms with van der Waals surface area (Å²) in [5.74, 6) is 0.522. The normalized spacial score (nSPS) is 11.5. The number of pyridine rings is 2. The third-order valence-corrected chi connectivity index (χ3v) is 7.70. The van der Waals surface area contributed by atoms with Crippen molar-refractivity contribution in [3.8, 4) is 17.6 Å². The summed E-state index contributed by atoms with van der Waals surface area (Å²) >= 11 is 6.53. The molecule has 2 N–H and O–H groups in total. The van der Waals surface area contributed by atoms with Crippen molar-refractivity contribution in [3.63, 3.8) is 0 Å². The molecule has 11 nitrogen and oxygen atoms in total. The SMILES string of the molecule is CCOc1cc2ncc(C#N)c(Nc3ccc(OCc4ccccn4)c(Cl)c3)c2cc1NC(=O)/C=C/CN(C)CCS(C)(=O)=O. The molecule has 4 rings (SSSR count). The number of rotatable bonds is 14. The van der Waals surface area contributed by atoms with Crippen molar-refractivity contribution in [1.29, 1.82) is 5.26 Å². The number of nitrogens with zero attached hydrogens (tertiary/aromatic N) is 4. The summed E-state index contributed by atoms with van der Waals surface area (Å²) in [6.45, 7) is 3.17. The molecule has 0 saturated carbocycles. The summed E-state index contributed by atoms with van der Waals surface area (Å²) in [6, 6.07) is 16.3. The standard InChI is InChI=1S/C32H33ClN6O5S/c1-4-43-30-18-27-25(17-28(30)38-31(40)9-7-13-39(2)14-15-45(3,41)42)32(22(19-34)20-36-27)37-23-10-11-29(26(33)16-23)44-21-24-8-5-6-12-35-24/h5-12,16-18,20H,4,13-15,21H2,1-3H3,(H,36,37)(H,38,40)/b9-7+. The average molecular weight is 649 g/mol. The van der Waals surface area contributed by atoms with Crippen LogP contribution >= 0.6 is 11.6 Å². The molecule has 13 heteroatoms. The van der Waals surface area contributed by atoms with Crippen molar-refractivity contribution in [2.75, 3.05) is 49.4 Å². The lowest BCUT2D eigenvalue weighted by Gasteiger charge is -2.16. The van der Waals surface area contributed by atoms with Crippen LogP contribution in [0, 0.1) is 11.3 Å². The zero-order valence-electron chi connectivity index (χ0n) is 25.1. The van der Waals surface area contributed by atoms with Gasteiger partial charge in [-0.15, -0.1) is 0 Å². The van der Waals surface area contributed by atoms with Gasteiger partial charge in [0.15, 0.2) is 0 Å². The van der Waals surface area contributed by atoms with Crippen LogP contribution in [0.4, 0.5) is 17.1 Å². The minimum atomic E-state index is -3.08. The summed E-state index contributed by atoms with van der Waals surface area (Å²) in [6.07, 6.45) is 7.36. The molecule has 0 atom stereocenters. The van der Waals surface area contributed by atoms with E-state index in [4.69, 9.17) is 21.1 Å². The van der Waals surface area contributed by atoms with Crippen molar-refractivity contribution in [1.82, 2.24) is 14.9 Å². The summed E-state index contributed by atoms with van der Waals surface area (Å²) in [7, 11) is -1.31. The molecule has 0 fully saturated rings. The fourth-order valence-corrected chi connectivity index (χ4v) is 5.09. The third kappa shape index (κ3) is 9.64. The highest BCUT2D eigenvalue weighted by Gasteiger charge is 2.16. The zero-order chi connectivity index (χ0) is 32.4. The molecule has 0 spiro atoms. The lowest BCUT2D eigenvalue weighted by atomic mass is 10.1.